The summed E-state index contributed by atoms with van der Waals surface area (Å²) in [6.45, 7) is 6.41. The summed E-state index contributed by atoms with van der Waals surface area (Å²) in [5.74, 6) is 1.92. The van der Waals surface area contributed by atoms with E-state index in [0.29, 0.717) is 0 Å². The quantitative estimate of drug-likeness (QED) is 0.371. The number of hydrogen-bond donors (Lipinski definition) is 0. The molecule has 0 unspecified atom stereocenters. The highest BCUT2D eigenvalue weighted by Gasteiger charge is 2.46. The lowest BCUT2D eigenvalue weighted by molar-refractivity contribution is -0.00000720. The summed E-state index contributed by atoms with van der Waals surface area (Å²) in [5.41, 5.74) is 4.66. The van der Waals surface area contributed by atoms with Crippen LogP contribution in [0.5, 0.6) is 11.5 Å². The fraction of sp³-hybridized carbons (Fsp3) is 0.200. The molecule has 0 heterocycles. The van der Waals surface area contributed by atoms with Gasteiger partial charge in [0.1, 0.15) is 40.8 Å². The summed E-state index contributed by atoms with van der Waals surface area (Å²) in [4.78, 5) is 0. The molecule has 0 saturated heterocycles. The summed E-state index contributed by atoms with van der Waals surface area (Å²) in [6.07, 6.45) is 0.859. The molecule has 0 spiro atoms. The highest BCUT2D eigenvalue weighted by atomic mass is 35.5. The summed E-state index contributed by atoms with van der Waals surface area (Å²) >= 11 is 0. The van der Waals surface area contributed by atoms with Crippen LogP contribution in [0.4, 0.5) is 0 Å². The van der Waals surface area contributed by atoms with Crippen LogP contribution in [0.1, 0.15) is 22.3 Å². The summed E-state index contributed by atoms with van der Waals surface area (Å²) in [5, 5.41) is 4.09. The molecular formula is C30H32ClO2P. The minimum Gasteiger partial charge on any atom is -1.00 e. The molecule has 0 amide bonds. The van der Waals surface area contributed by atoms with Crippen molar-refractivity contribution in [2.45, 2.75) is 26.9 Å². The molecule has 0 aliphatic carbocycles. The van der Waals surface area contributed by atoms with Crippen LogP contribution in [0, 0.1) is 20.8 Å². The van der Waals surface area contributed by atoms with Crippen LogP contribution in [0.25, 0.3) is 0 Å². The third kappa shape index (κ3) is 4.45. The largest absolute Gasteiger partial charge is 1.00 e. The molecule has 0 bridgehead atoms. The van der Waals surface area contributed by atoms with Gasteiger partial charge in [-0.3, -0.25) is 0 Å². The van der Waals surface area contributed by atoms with Gasteiger partial charge in [0.2, 0.25) is 0 Å². The zero-order chi connectivity index (χ0) is 23.4. The van der Waals surface area contributed by atoms with E-state index in [1.54, 1.807) is 14.2 Å². The molecule has 2 nitrogen and oxygen atoms in total. The third-order valence-electron chi connectivity index (χ3n) is 6.71. The Morgan fingerprint density at radius 1 is 0.529 bits per heavy atom. The smallest absolute Gasteiger partial charge is 0.129 e. The maximum atomic E-state index is 6.05. The van der Waals surface area contributed by atoms with Crippen LogP contribution < -0.4 is 37.8 Å². The molecule has 0 atom stereocenters. The van der Waals surface area contributed by atoms with Crippen molar-refractivity contribution in [3.8, 4) is 11.5 Å². The van der Waals surface area contributed by atoms with E-state index in [9.17, 15) is 0 Å². The van der Waals surface area contributed by atoms with Crippen LogP contribution in [0.3, 0.4) is 0 Å². The molecule has 176 valence electrons. The number of methoxy groups -OCH3 is 2. The van der Waals surface area contributed by atoms with E-state index < -0.39 is 7.26 Å². The first kappa shape index (κ1) is 25.8. The fourth-order valence-electron chi connectivity index (χ4n) is 4.93. The van der Waals surface area contributed by atoms with Crippen molar-refractivity contribution in [3.63, 3.8) is 0 Å². The summed E-state index contributed by atoms with van der Waals surface area (Å²) in [7, 11) is 1.50. The molecule has 0 fully saturated rings. The van der Waals surface area contributed by atoms with Crippen molar-refractivity contribution in [2.24, 2.45) is 0 Å². The van der Waals surface area contributed by atoms with Gasteiger partial charge >= 0.3 is 0 Å². The predicted molar refractivity (Wildman–Crippen MR) is 143 cm³/mol. The highest BCUT2D eigenvalue weighted by molar-refractivity contribution is 7.95. The Morgan fingerprint density at radius 2 is 0.882 bits per heavy atom. The number of hydrogen-bond acceptors (Lipinski definition) is 2. The lowest BCUT2D eigenvalue weighted by Crippen LogP contribution is -3.00. The van der Waals surface area contributed by atoms with Gasteiger partial charge in [-0.2, -0.15) is 0 Å². The molecular weight excluding hydrogens is 459 g/mol. The van der Waals surface area contributed by atoms with E-state index in [2.05, 4.69) is 112 Å². The first-order valence-electron chi connectivity index (χ1n) is 11.3. The van der Waals surface area contributed by atoms with Crippen molar-refractivity contribution >= 4 is 23.2 Å². The molecule has 0 aliphatic heterocycles. The second-order valence-corrected chi connectivity index (χ2v) is 11.9. The lowest BCUT2D eigenvalue weighted by Gasteiger charge is -2.30. The van der Waals surface area contributed by atoms with Gasteiger partial charge in [0.05, 0.1) is 14.2 Å². The molecule has 0 radical (unpaired) electrons. The van der Waals surface area contributed by atoms with Gasteiger partial charge < -0.3 is 21.9 Å². The predicted octanol–water partition coefficient (Wildman–Crippen LogP) is 3.13. The average Bonchev–Trinajstić information content (AvgIpc) is 2.87. The van der Waals surface area contributed by atoms with Gasteiger partial charge in [0.15, 0.2) is 0 Å². The molecule has 4 aromatic rings. The lowest BCUT2D eigenvalue weighted by atomic mass is 9.98. The summed E-state index contributed by atoms with van der Waals surface area (Å²) < 4.78 is 11.9. The number of halogens is 1. The minimum absolute atomic E-state index is 0. The maximum absolute atomic E-state index is 6.05. The van der Waals surface area contributed by atoms with E-state index in [1.165, 1.54) is 21.5 Å². The van der Waals surface area contributed by atoms with E-state index in [4.69, 9.17) is 9.47 Å². The van der Waals surface area contributed by atoms with E-state index in [0.717, 1.165) is 34.4 Å². The molecule has 4 rings (SSSR count). The molecule has 4 heteroatoms. The van der Waals surface area contributed by atoms with Crippen LogP contribution in [0.15, 0.2) is 91.0 Å². The fourth-order valence-corrected chi connectivity index (χ4v) is 9.27. The Bertz CT molecular complexity index is 1130. The van der Waals surface area contributed by atoms with Gasteiger partial charge in [0, 0.05) is 11.1 Å². The Kier molecular flexibility index (Phi) is 8.42. The van der Waals surface area contributed by atoms with Gasteiger partial charge in [-0.15, -0.1) is 0 Å². The van der Waals surface area contributed by atoms with E-state index in [-0.39, 0.29) is 12.4 Å². The van der Waals surface area contributed by atoms with Crippen molar-refractivity contribution in [3.05, 3.63) is 113 Å². The Morgan fingerprint density at radius 3 is 1.24 bits per heavy atom. The third-order valence-corrected chi connectivity index (χ3v) is 11.0. The van der Waals surface area contributed by atoms with Gasteiger partial charge in [0.25, 0.3) is 0 Å². The topological polar surface area (TPSA) is 18.5 Å². The second-order valence-electron chi connectivity index (χ2n) is 8.39. The first-order chi connectivity index (χ1) is 16.0. The number of rotatable bonds is 7. The van der Waals surface area contributed by atoms with Gasteiger partial charge in [-0.1, -0.05) is 54.6 Å². The van der Waals surface area contributed by atoms with Gasteiger partial charge in [-0.05, 0) is 68.3 Å². The van der Waals surface area contributed by atoms with Crippen LogP contribution in [0.2, 0.25) is 0 Å². The van der Waals surface area contributed by atoms with Crippen molar-refractivity contribution in [2.75, 3.05) is 14.2 Å². The molecule has 0 aliphatic rings. The zero-order valence-electron chi connectivity index (χ0n) is 20.5. The average molecular weight is 491 g/mol. The normalized spacial score (nSPS) is 11.0. The standard InChI is InChI=1S/C30H32O2P.ClH/c1-22-23(2)30(32-5)28(24(3)29(22)31-4)21-33(25-15-9-6-10-16-25,26-17-11-7-12-18-26)27-19-13-8-14-20-27;/h6-20H,21H2,1-5H3;1H/q+1;/p-1. The molecule has 4 aromatic carbocycles. The Hall–Kier alpha value is -2.80. The SMILES string of the molecule is COc1c(C)c(C)c(OC)c(C[P+](c2ccccc2)(c2ccccc2)c2ccccc2)c1C.[Cl-]. The first-order valence-corrected chi connectivity index (χ1v) is 13.3. The van der Waals surface area contributed by atoms with Crippen molar-refractivity contribution in [1.82, 2.24) is 0 Å². The Labute approximate surface area is 210 Å². The highest BCUT2D eigenvalue weighted by Crippen LogP contribution is 2.60. The summed E-state index contributed by atoms with van der Waals surface area (Å²) in [6, 6.07) is 32.9. The van der Waals surface area contributed by atoms with E-state index >= 15 is 0 Å². The molecule has 0 saturated carbocycles. The van der Waals surface area contributed by atoms with Crippen molar-refractivity contribution < 1.29 is 21.9 Å². The minimum atomic E-state index is -2.04. The Balaban J connectivity index is 0.00000324. The molecule has 0 N–H and O–H groups in total. The monoisotopic (exact) mass is 490 g/mol. The van der Waals surface area contributed by atoms with E-state index in [1.807, 2.05) is 0 Å². The van der Waals surface area contributed by atoms with Crippen LogP contribution in [-0.4, -0.2) is 14.2 Å². The zero-order valence-corrected chi connectivity index (χ0v) is 22.2. The van der Waals surface area contributed by atoms with Crippen molar-refractivity contribution in [1.29, 1.82) is 0 Å². The van der Waals surface area contributed by atoms with Crippen LogP contribution >= 0.6 is 7.26 Å². The maximum Gasteiger partial charge on any atom is 0.129 e. The molecule has 0 aromatic heterocycles. The number of ether oxygens (including phenoxy) is 2. The molecule has 34 heavy (non-hydrogen) atoms. The van der Waals surface area contributed by atoms with Gasteiger partial charge in [-0.25, -0.2) is 0 Å². The number of benzene rings is 4. The van der Waals surface area contributed by atoms with Crippen LogP contribution in [-0.2, 0) is 6.16 Å². The second kappa shape index (κ2) is 11.1.